The van der Waals surface area contributed by atoms with Crippen LogP contribution in [0.25, 0.3) is 0 Å². The van der Waals surface area contributed by atoms with Gasteiger partial charge < -0.3 is 11.1 Å². The molecule has 104 valence electrons. The number of rotatable bonds is 3. The van der Waals surface area contributed by atoms with E-state index < -0.39 is 29.6 Å². The monoisotopic (exact) mass is 269 g/mol. The van der Waals surface area contributed by atoms with Gasteiger partial charge >= 0.3 is 0 Å². The van der Waals surface area contributed by atoms with Crippen LogP contribution in [0, 0.1) is 11.6 Å². The molecule has 0 saturated carbocycles. The molecule has 2 rings (SSSR count). The molecule has 2 unspecified atom stereocenters. The van der Waals surface area contributed by atoms with Crippen LogP contribution in [-0.4, -0.2) is 36.5 Å². The second-order valence-corrected chi connectivity index (χ2v) is 4.67. The molecule has 19 heavy (non-hydrogen) atoms. The van der Waals surface area contributed by atoms with Gasteiger partial charge in [-0.15, -0.1) is 0 Å². The quantitative estimate of drug-likeness (QED) is 0.852. The van der Waals surface area contributed by atoms with Crippen LogP contribution in [0.2, 0.25) is 0 Å². The summed E-state index contributed by atoms with van der Waals surface area (Å²) in [7, 11) is 0. The number of hydrogen-bond acceptors (Lipinski definition) is 3. The lowest BCUT2D eigenvalue weighted by atomic mass is 10.0. The number of primary amides is 1. The summed E-state index contributed by atoms with van der Waals surface area (Å²) >= 11 is 0. The minimum Gasteiger partial charge on any atom is -0.368 e. The average molecular weight is 269 g/mol. The first-order chi connectivity index (χ1) is 9.02. The predicted octanol–water partition coefficient (Wildman–Crippen LogP) is 0.785. The van der Waals surface area contributed by atoms with Crippen molar-refractivity contribution in [2.24, 2.45) is 5.73 Å². The summed E-state index contributed by atoms with van der Waals surface area (Å²) in [6, 6.07) is 2.67. The zero-order valence-corrected chi connectivity index (χ0v) is 10.7. The highest BCUT2D eigenvalue weighted by Crippen LogP contribution is 2.27. The Hall–Kier alpha value is -1.53. The maximum Gasteiger partial charge on any atom is 0.236 e. The molecule has 1 heterocycles. The summed E-state index contributed by atoms with van der Waals surface area (Å²) < 4.78 is 27.6. The minimum absolute atomic E-state index is 0.0179. The molecular weight excluding hydrogens is 252 g/mol. The maximum absolute atomic E-state index is 13.8. The van der Waals surface area contributed by atoms with Gasteiger partial charge in [-0.25, -0.2) is 8.78 Å². The van der Waals surface area contributed by atoms with E-state index in [-0.39, 0.29) is 5.56 Å². The molecule has 6 heteroatoms. The third-order valence-corrected chi connectivity index (χ3v) is 3.53. The number of nitrogens with zero attached hydrogens (tertiary/aromatic N) is 1. The van der Waals surface area contributed by atoms with E-state index in [1.165, 1.54) is 18.2 Å². The molecule has 1 aromatic rings. The summed E-state index contributed by atoms with van der Waals surface area (Å²) in [6.45, 7) is 3.26. The average Bonchev–Trinajstić information content (AvgIpc) is 2.38. The van der Waals surface area contributed by atoms with Crippen LogP contribution in [0.15, 0.2) is 18.2 Å². The van der Waals surface area contributed by atoms with E-state index in [1.807, 2.05) is 0 Å². The number of piperazine rings is 1. The van der Waals surface area contributed by atoms with E-state index >= 15 is 0 Å². The van der Waals surface area contributed by atoms with Crippen LogP contribution in [0.1, 0.15) is 18.5 Å². The summed E-state index contributed by atoms with van der Waals surface area (Å²) in [4.78, 5) is 13.2. The lowest BCUT2D eigenvalue weighted by molar-refractivity contribution is -0.124. The Labute approximate surface area is 110 Å². The Morgan fingerprint density at radius 1 is 1.47 bits per heavy atom. The van der Waals surface area contributed by atoms with Gasteiger partial charge in [-0.2, -0.15) is 0 Å². The van der Waals surface area contributed by atoms with Gasteiger partial charge in [0.15, 0.2) is 0 Å². The third-order valence-electron chi connectivity index (χ3n) is 3.53. The first-order valence-electron chi connectivity index (χ1n) is 6.22. The highest BCUT2D eigenvalue weighted by atomic mass is 19.1. The fourth-order valence-corrected chi connectivity index (χ4v) is 2.52. The van der Waals surface area contributed by atoms with Gasteiger partial charge in [0.1, 0.15) is 17.7 Å². The summed E-state index contributed by atoms with van der Waals surface area (Å²) in [5.41, 5.74) is 5.32. The molecule has 0 bridgehead atoms. The molecule has 1 aliphatic rings. The topological polar surface area (TPSA) is 58.4 Å². The fraction of sp³-hybridized carbons (Fsp3) is 0.462. The van der Waals surface area contributed by atoms with Gasteiger partial charge in [0.05, 0.1) is 0 Å². The van der Waals surface area contributed by atoms with Crippen molar-refractivity contribution in [3.05, 3.63) is 35.4 Å². The van der Waals surface area contributed by atoms with Crippen LogP contribution in [-0.2, 0) is 4.79 Å². The number of amides is 1. The molecule has 1 fully saturated rings. The molecule has 0 aliphatic carbocycles. The molecular formula is C13H17F2N3O. The summed E-state index contributed by atoms with van der Waals surface area (Å²) in [5, 5.41) is 3.05. The molecule has 1 aromatic carbocycles. The summed E-state index contributed by atoms with van der Waals surface area (Å²) in [6.07, 6.45) is 0. The van der Waals surface area contributed by atoms with Crippen LogP contribution in [0.4, 0.5) is 8.78 Å². The number of carbonyl (C=O) groups is 1. The van der Waals surface area contributed by atoms with Crippen molar-refractivity contribution in [1.82, 2.24) is 10.2 Å². The van der Waals surface area contributed by atoms with E-state index in [1.54, 1.807) is 11.8 Å². The smallest absolute Gasteiger partial charge is 0.236 e. The number of carbonyl (C=O) groups excluding carboxylic acids is 1. The zero-order valence-electron chi connectivity index (χ0n) is 10.7. The standard InChI is InChI=1S/C13H17F2N3O/c1-8(12-9(14)3-2-4-10(12)15)18-6-5-17-7-11(18)13(16)19/h2-4,8,11,17H,5-7H2,1H3,(H2,16,19). The van der Waals surface area contributed by atoms with Gasteiger partial charge in [0.2, 0.25) is 5.91 Å². The molecule has 1 aliphatic heterocycles. The third kappa shape index (κ3) is 2.74. The van der Waals surface area contributed by atoms with Crippen LogP contribution < -0.4 is 11.1 Å². The molecule has 2 atom stereocenters. The molecule has 0 aromatic heterocycles. The van der Waals surface area contributed by atoms with Gasteiger partial charge in [-0.3, -0.25) is 9.69 Å². The molecule has 3 N–H and O–H groups in total. The highest BCUT2D eigenvalue weighted by Gasteiger charge is 2.33. The number of nitrogens with two attached hydrogens (primary N) is 1. The van der Waals surface area contributed by atoms with E-state index in [4.69, 9.17) is 5.73 Å². The Bertz CT molecular complexity index is 461. The van der Waals surface area contributed by atoms with Gasteiger partial charge in [0.25, 0.3) is 0 Å². The maximum atomic E-state index is 13.8. The lowest BCUT2D eigenvalue weighted by Crippen LogP contribution is -2.57. The fourth-order valence-electron chi connectivity index (χ4n) is 2.52. The van der Waals surface area contributed by atoms with Crippen molar-refractivity contribution in [2.75, 3.05) is 19.6 Å². The number of hydrogen-bond donors (Lipinski definition) is 2. The second kappa shape index (κ2) is 5.63. The number of benzene rings is 1. The van der Waals surface area contributed by atoms with Crippen molar-refractivity contribution in [3.8, 4) is 0 Å². The first kappa shape index (κ1) is 13.9. The molecule has 1 saturated heterocycles. The summed E-state index contributed by atoms with van der Waals surface area (Å²) in [5.74, 6) is -1.70. The van der Waals surface area contributed by atoms with Gasteiger partial charge in [0, 0.05) is 31.2 Å². The SMILES string of the molecule is CC(c1c(F)cccc1F)N1CCNCC1C(N)=O. The number of halogens is 2. The van der Waals surface area contributed by atoms with Crippen molar-refractivity contribution in [3.63, 3.8) is 0 Å². The Morgan fingerprint density at radius 3 is 2.68 bits per heavy atom. The largest absolute Gasteiger partial charge is 0.368 e. The Kier molecular flexibility index (Phi) is 4.11. The van der Waals surface area contributed by atoms with Crippen molar-refractivity contribution in [1.29, 1.82) is 0 Å². The van der Waals surface area contributed by atoms with Crippen molar-refractivity contribution < 1.29 is 13.6 Å². The second-order valence-electron chi connectivity index (χ2n) is 4.67. The first-order valence-corrected chi connectivity index (χ1v) is 6.22. The zero-order chi connectivity index (χ0) is 14.0. The lowest BCUT2D eigenvalue weighted by Gasteiger charge is -2.38. The highest BCUT2D eigenvalue weighted by molar-refractivity contribution is 5.80. The predicted molar refractivity (Wildman–Crippen MR) is 67.3 cm³/mol. The van der Waals surface area contributed by atoms with E-state index in [0.29, 0.717) is 19.6 Å². The van der Waals surface area contributed by atoms with E-state index in [9.17, 15) is 13.6 Å². The van der Waals surface area contributed by atoms with Crippen LogP contribution in [0.3, 0.4) is 0 Å². The Morgan fingerprint density at radius 2 is 2.11 bits per heavy atom. The van der Waals surface area contributed by atoms with E-state index in [2.05, 4.69) is 5.32 Å². The van der Waals surface area contributed by atoms with Gasteiger partial charge in [-0.1, -0.05) is 6.07 Å². The Balaban J connectivity index is 2.31. The molecule has 0 spiro atoms. The van der Waals surface area contributed by atoms with Crippen LogP contribution >= 0.6 is 0 Å². The van der Waals surface area contributed by atoms with E-state index in [0.717, 1.165) is 0 Å². The molecule has 4 nitrogen and oxygen atoms in total. The molecule has 1 amide bonds. The van der Waals surface area contributed by atoms with Crippen LogP contribution in [0.5, 0.6) is 0 Å². The number of nitrogens with one attached hydrogen (secondary N) is 1. The molecule has 0 radical (unpaired) electrons. The van der Waals surface area contributed by atoms with Crippen molar-refractivity contribution >= 4 is 5.91 Å². The minimum atomic E-state index is -0.603. The van der Waals surface area contributed by atoms with Crippen molar-refractivity contribution in [2.45, 2.75) is 19.0 Å². The normalized spacial score (nSPS) is 22.2. The van der Waals surface area contributed by atoms with Gasteiger partial charge in [-0.05, 0) is 19.1 Å².